The van der Waals surface area contributed by atoms with Crippen LogP contribution in [-0.2, 0) is 6.54 Å². The second-order valence-corrected chi connectivity index (χ2v) is 7.19. The first-order valence-electron chi connectivity index (χ1n) is 8.42. The summed E-state index contributed by atoms with van der Waals surface area (Å²) < 4.78 is 1.88. The number of benzene rings is 1. The van der Waals surface area contributed by atoms with E-state index in [4.69, 9.17) is 0 Å². The maximum absolute atomic E-state index is 12.7. The molecule has 3 heterocycles. The lowest BCUT2D eigenvalue weighted by Crippen LogP contribution is -2.39. The predicted octanol–water partition coefficient (Wildman–Crippen LogP) is 2.15. The van der Waals surface area contributed by atoms with E-state index in [1.165, 1.54) is 11.3 Å². The van der Waals surface area contributed by atoms with Crippen LogP contribution in [-0.4, -0.2) is 25.4 Å². The van der Waals surface area contributed by atoms with Gasteiger partial charge in [-0.25, -0.2) is 9.78 Å². The van der Waals surface area contributed by atoms with Crippen molar-refractivity contribution >= 4 is 32.6 Å². The normalized spacial score (nSPS) is 10.9. The number of pyridine rings is 1. The van der Waals surface area contributed by atoms with Crippen molar-refractivity contribution < 1.29 is 4.79 Å². The number of anilines is 1. The number of nitrogens with one attached hydrogen (secondary N) is 2. The molecule has 2 N–H and O–H groups in total. The molecule has 1 aromatic carbocycles. The van der Waals surface area contributed by atoms with Crippen LogP contribution >= 0.6 is 11.3 Å². The van der Waals surface area contributed by atoms with Crippen LogP contribution in [0.4, 0.5) is 5.13 Å². The molecule has 0 aliphatic heterocycles. The molecule has 4 rings (SSSR count). The molecule has 3 aromatic heterocycles. The van der Waals surface area contributed by atoms with E-state index in [1.807, 2.05) is 25.1 Å². The number of nitrogens with zero attached hydrogens (tertiary/aromatic N) is 3. The highest BCUT2D eigenvalue weighted by Crippen LogP contribution is 2.26. The number of aromatic amines is 1. The van der Waals surface area contributed by atoms with Gasteiger partial charge in [0, 0.05) is 12.4 Å². The van der Waals surface area contributed by atoms with Gasteiger partial charge in [0.25, 0.3) is 11.5 Å². The SMILES string of the molecule is Cc1ccc2nc(NC(=O)c3c[nH]c(=O)n(Cc4ccccn4)c3=O)sc2c1. The number of aryl methyl sites for hydroxylation is 1. The first-order chi connectivity index (χ1) is 13.5. The molecule has 0 saturated heterocycles. The van der Waals surface area contributed by atoms with Gasteiger partial charge in [-0.2, -0.15) is 0 Å². The average Bonchev–Trinajstić information content (AvgIpc) is 3.07. The van der Waals surface area contributed by atoms with Gasteiger partial charge >= 0.3 is 5.69 Å². The maximum atomic E-state index is 12.7. The molecule has 0 unspecified atom stereocenters. The highest BCUT2D eigenvalue weighted by atomic mass is 32.1. The standard InChI is InChI=1S/C19H15N5O3S/c1-11-5-6-14-15(8-11)28-18(22-14)23-16(25)13-9-21-19(27)24(17(13)26)10-12-4-2-3-7-20-12/h2-9H,10H2,1H3,(H,21,27)(H,22,23,25). The van der Waals surface area contributed by atoms with E-state index in [9.17, 15) is 14.4 Å². The molecule has 28 heavy (non-hydrogen) atoms. The smallest absolute Gasteiger partial charge is 0.313 e. The highest BCUT2D eigenvalue weighted by Gasteiger charge is 2.17. The summed E-state index contributed by atoms with van der Waals surface area (Å²) in [4.78, 5) is 48.2. The van der Waals surface area contributed by atoms with E-state index in [2.05, 4.69) is 20.3 Å². The second-order valence-electron chi connectivity index (χ2n) is 6.16. The van der Waals surface area contributed by atoms with Crippen molar-refractivity contribution in [2.45, 2.75) is 13.5 Å². The Bertz CT molecular complexity index is 1290. The monoisotopic (exact) mass is 393 g/mol. The Kier molecular flexibility index (Phi) is 4.58. The van der Waals surface area contributed by atoms with Crippen molar-refractivity contribution in [3.63, 3.8) is 0 Å². The van der Waals surface area contributed by atoms with E-state index >= 15 is 0 Å². The first-order valence-corrected chi connectivity index (χ1v) is 9.24. The van der Waals surface area contributed by atoms with Crippen LogP contribution < -0.4 is 16.6 Å². The zero-order chi connectivity index (χ0) is 19.7. The minimum atomic E-state index is -0.691. The third-order valence-corrected chi connectivity index (χ3v) is 5.05. The average molecular weight is 393 g/mol. The molecule has 140 valence electrons. The lowest BCUT2D eigenvalue weighted by molar-refractivity contribution is 0.102. The van der Waals surface area contributed by atoms with Crippen LogP contribution in [0.3, 0.4) is 0 Å². The van der Waals surface area contributed by atoms with Gasteiger partial charge in [0.1, 0.15) is 5.56 Å². The molecule has 0 spiro atoms. The maximum Gasteiger partial charge on any atom is 0.328 e. The summed E-state index contributed by atoms with van der Waals surface area (Å²) in [5.41, 5.74) is 0.915. The Morgan fingerprint density at radius 1 is 1.25 bits per heavy atom. The number of fused-ring (bicyclic) bond motifs is 1. The van der Waals surface area contributed by atoms with Crippen molar-refractivity contribution in [1.82, 2.24) is 19.5 Å². The van der Waals surface area contributed by atoms with Crippen molar-refractivity contribution in [3.05, 3.63) is 86.5 Å². The minimum absolute atomic E-state index is 0.0312. The molecule has 0 fully saturated rings. The van der Waals surface area contributed by atoms with Crippen LogP contribution in [0.1, 0.15) is 21.6 Å². The van der Waals surface area contributed by atoms with Crippen LogP contribution in [0.2, 0.25) is 0 Å². The van der Waals surface area contributed by atoms with Gasteiger partial charge in [-0.05, 0) is 36.8 Å². The highest BCUT2D eigenvalue weighted by molar-refractivity contribution is 7.22. The van der Waals surface area contributed by atoms with E-state index in [0.29, 0.717) is 10.8 Å². The van der Waals surface area contributed by atoms with Gasteiger partial charge in [0.2, 0.25) is 0 Å². The van der Waals surface area contributed by atoms with E-state index in [0.717, 1.165) is 26.5 Å². The van der Waals surface area contributed by atoms with Crippen LogP contribution in [0.5, 0.6) is 0 Å². The fraction of sp³-hybridized carbons (Fsp3) is 0.105. The summed E-state index contributed by atoms with van der Waals surface area (Å²) >= 11 is 1.32. The summed E-state index contributed by atoms with van der Waals surface area (Å²) in [6.45, 7) is 1.94. The van der Waals surface area contributed by atoms with Crippen LogP contribution in [0.25, 0.3) is 10.2 Å². The number of hydrogen-bond acceptors (Lipinski definition) is 6. The van der Waals surface area contributed by atoms with Gasteiger partial charge in [0.15, 0.2) is 5.13 Å². The Labute approximate surface area is 162 Å². The van der Waals surface area contributed by atoms with E-state index < -0.39 is 17.2 Å². The largest absolute Gasteiger partial charge is 0.328 e. The summed E-state index contributed by atoms with van der Waals surface area (Å²) in [7, 11) is 0. The molecule has 8 nitrogen and oxygen atoms in total. The number of thiazole rings is 1. The summed E-state index contributed by atoms with van der Waals surface area (Å²) in [5.74, 6) is -0.633. The van der Waals surface area contributed by atoms with E-state index in [-0.39, 0.29) is 12.1 Å². The molecular weight excluding hydrogens is 378 g/mol. The number of H-pyrrole nitrogens is 1. The molecule has 0 saturated carbocycles. The van der Waals surface area contributed by atoms with Gasteiger partial charge in [-0.3, -0.25) is 24.5 Å². The lowest BCUT2D eigenvalue weighted by Gasteiger charge is -2.06. The van der Waals surface area contributed by atoms with Gasteiger partial charge < -0.3 is 4.98 Å². The molecule has 0 atom stereocenters. The molecule has 4 aromatic rings. The molecule has 0 radical (unpaired) electrons. The molecule has 0 aliphatic rings. The molecule has 1 amide bonds. The van der Waals surface area contributed by atoms with E-state index in [1.54, 1.807) is 24.4 Å². The number of hydrogen-bond donors (Lipinski definition) is 2. The fourth-order valence-corrected chi connectivity index (χ4v) is 3.68. The van der Waals surface area contributed by atoms with Gasteiger partial charge in [-0.1, -0.05) is 23.5 Å². The molecular formula is C19H15N5O3S. The Balaban J connectivity index is 1.64. The number of aromatic nitrogens is 4. The lowest BCUT2D eigenvalue weighted by atomic mass is 10.2. The fourth-order valence-electron chi connectivity index (χ4n) is 2.72. The van der Waals surface area contributed by atoms with Crippen molar-refractivity contribution in [1.29, 1.82) is 0 Å². The van der Waals surface area contributed by atoms with Gasteiger partial charge in [0.05, 0.1) is 22.5 Å². The summed E-state index contributed by atoms with van der Waals surface area (Å²) in [6.07, 6.45) is 2.69. The molecule has 9 heteroatoms. The second kappa shape index (κ2) is 7.20. The Morgan fingerprint density at radius 2 is 2.11 bits per heavy atom. The number of amides is 1. The van der Waals surface area contributed by atoms with Crippen LogP contribution in [0.15, 0.2) is 58.4 Å². The number of carbonyl (C=O) groups excluding carboxylic acids is 1. The first kappa shape index (κ1) is 17.8. The van der Waals surface area contributed by atoms with Crippen molar-refractivity contribution in [3.8, 4) is 0 Å². The molecule has 0 bridgehead atoms. The van der Waals surface area contributed by atoms with Crippen LogP contribution in [0, 0.1) is 6.92 Å². The summed E-state index contributed by atoms with van der Waals surface area (Å²) in [5, 5.41) is 3.02. The minimum Gasteiger partial charge on any atom is -0.313 e. The molecule has 0 aliphatic carbocycles. The predicted molar refractivity (Wildman–Crippen MR) is 107 cm³/mol. The zero-order valence-electron chi connectivity index (χ0n) is 14.8. The quantitative estimate of drug-likeness (QED) is 0.552. The van der Waals surface area contributed by atoms with Crippen molar-refractivity contribution in [2.24, 2.45) is 0 Å². The number of rotatable bonds is 4. The van der Waals surface area contributed by atoms with Crippen molar-refractivity contribution in [2.75, 3.05) is 5.32 Å². The Morgan fingerprint density at radius 3 is 2.89 bits per heavy atom. The Hall–Kier alpha value is -3.59. The zero-order valence-corrected chi connectivity index (χ0v) is 15.6. The topological polar surface area (TPSA) is 110 Å². The number of carbonyl (C=O) groups is 1. The summed E-state index contributed by atoms with van der Waals surface area (Å²) in [6, 6.07) is 11.0. The third kappa shape index (κ3) is 3.47. The van der Waals surface area contributed by atoms with Gasteiger partial charge in [-0.15, -0.1) is 0 Å². The third-order valence-electron chi connectivity index (χ3n) is 4.12.